The van der Waals surface area contributed by atoms with E-state index in [4.69, 9.17) is 9.47 Å². The first kappa shape index (κ1) is 16.6. The molecule has 0 fully saturated rings. The zero-order valence-corrected chi connectivity index (χ0v) is 15.0. The van der Waals surface area contributed by atoms with E-state index in [9.17, 15) is 4.79 Å². The summed E-state index contributed by atoms with van der Waals surface area (Å²) in [5.74, 6) is 1.43. The van der Waals surface area contributed by atoms with E-state index in [0.29, 0.717) is 17.9 Å². The number of benzene rings is 2. The molecule has 0 heterocycles. The molecule has 0 saturated carbocycles. The zero-order chi connectivity index (χ0) is 16.1. The molecule has 0 bridgehead atoms. The fraction of sp³-hybridized carbons (Fsp3) is 0.235. The summed E-state index contributed by atoms with van der Waals surface area (Å²) in [4.78, 5) is 14.2. The summed E-state index contributed by atoms with van der Waals surface area (Å²) in [7, 11) is 5.01. The third-order valence-electron chi connectivity index (χ3n) is 3.35. The van der Waals surface area contributed by atoms with Crippen LogP contribution in [0.25, 0.3) is 0 Å². The minimum absolute atomic E-state index is 0.0112. The van der Waals surface area contributed by atoms with Crippen LogP contribution < -0.4 is 9.47 Å². The van der Waals surface area contributed by atoms with E-state index in [0.717, 1.165) is 14.9 Å². The van der Waals surface area contributed by atoms with Gasteiger partial charge in [-0.3, -0.25) is 4.79 Å². The van der Waals surface area contributed by atoms with E-state index in [1.54, 1.807) is 26.2 Å². The molecule has 0 N–H and O–H groups in total. The van der Waals surface area contributed by atoms with Crippen LogP contribution >= 0.6 is 22.6 Å². The Balaban J connectivity index is 2.20. The van der Waals surface area contributed by atoms with Crippen LogP contribution in [0.3, 0.4) is 0 Å². The molecule has 116 valence electrons. The lowest BCUT2D eigenvalue weighted by Gasteiger charge is -2.20. The van der Waals surface area contributed by atoms with Crippen molar-refractivity contribution in [2.45, 2.75) is 6.54 Å². The molecule has 2 aromatic rings. The number of methoxy groups -OCH3 is 2. The van der Waals surface area contributed by atoms with Crippen molar-refractivity contribution in [2.75, 3.05) is 21.3 Å². The van der Waals surface area contributed by atoms with Crippen LogP contribution in [0, 0.1) is 3.57 Å². The molecule has 0 atom stereocenters. The highest BCUT2D eigenvalue weighted by molar-refractivity contribution is 14.1. The second-order valence-electron chi connectivity index (χ2n) is 4.82. The van der Waals surface area contributed by atoms with Crippen LogP contribution in [0.2, 0.25) is 0 Å². The highest BCUT2D eigenvalue weighted by atomic mass is 127. The standard InChI is InChI=1S/C17H18INO3/c1-19(17(20)14-6-4-5-7-15(14)18)11-12-8-9-13(21-2)10-16(12)22-3/h4-10H,11H2,1-3H3. The molecule has 5 heteroatoms. The van der Waals surface area contributed by atoms with Crippen molar-refractivity contribution in [1.82, 2.24) is 4.90 Å². The summed E-state index contributed by atoms with van der Waals surface area (Å²) in [5.41, 5.74) is 1.64. The van der Waals surface area contributed by atoms with Crippen LogP contribution in [0.4, 0.5) is 0 Å². The first-order valence-corrected chi connectivity index (χ1v) is 7.85. The number of hydrogen-bond acceptors (Lipinski definition) is 3. The maximum atomic E-state index is 12.5. The van der Waals surface area contributed by atoms with Crippen molar-refractivity contribution in [2.24, 2.45) is 0 Å². The van der Waals surface area contributed by atoms with Gasteiger partial charge in [-0.05, 0) is 46.9 Å². The average molecular weight is 411 g/mol. The zero-order valence-electron chi connectivity index (χ0n) is 12.8. The Labute approximate surface area is 144 Å². The predicted molar refractivity (Wildman–Crippen MR) is 94.5 cm³/mol. The average Bonchev–Trinajstić information content (AvgIpc) is 2.55. The Morgan fingerprint density at radius 1 is 1.14 bits per heavy atom. The summed E-state index contributed by atoms with van der Waals surface area (Å²) in [5, 5.41) is 0. The molecule has 0 saturated heterocycles. The molecule has 0 aliphatic heterocycles. The van der Waals surface area contributed by atoms with E-state index in [-0.39, 0.29) is 5.91 Å². The van der Waals surface area contributed by atoms with E-state index in [1.807, 2.05) is 42.5 Å². The lowest BCUT2D eigenvalue weighted by molar-refractivity contribution is 0.0783. The molecule has 2 aromatic carbocycles. The highest BCUT2D eigenvalue weighted by Gasteiger charge is 2.16. The van der Waals surface area contributed by atoms with Gasteiger partial charge >= 0.3 is 0 Å². The first-order valence-electron chi connectivity index (χ1n) is 6.77. The Morgan fingerprint density at radius 2 is 1.86 bits per heavy atom. The minimum atomic E-state index is -0.0112. The molecule has 2 rings (SSSR count). The van der Waals surface area contributed by atoms with Gasteiger partial charge in [0.2, 0.25) is 0 Å². The number of carbonyl (C=O) groups excluding carboxylic acids is 1. The fourth-order valence-corrected chi connectivity index (χ4v) is 2.77. The maximum absolute atomic E-state index is 12.5. The van der Waals surface area contributed by atoms with Gasteiger partial charge in [-0.25, -0.2) is 0 Å². The number of nitrogens with zero attached hydrogens (tertiary/aromatic N) is 1. The second kappa shape index (κ2) is 7.49. The highest BCUT2D eigenvalue weighted by Crippen LogP contribution is 2.26. The van der Waals surface area contributed by atoms with Gasteiger partial charge in [0.15, 0.2) is 0 Å². The van der Waals surface area contributed by atoms with Crippen LogP contribution in [-0.2, 0) is 6.54 Å². The number of hydrogen-bond donors (Lipinski definition) is 0. The van der Waals surface area contributed by atoms with Gasteiger partial charge in [0.1, 0.15) is 11.5 Å². The van der Waals surface area contributed by atoms with Crippen molar-refractivity contribution < 1.29 is 14.3 Å². The topological polar surface area (TPSA) is 38.8 Å². The monoisotopic (exact) mass is 411 g/mol. The number of halogens is 1. The summed E-state index contributed by atoms with van der Waals surface area (Å²) >= 11 is 2.17. The third-order valence-corrected chi connectivity index (χ3v) is 4.29. The molecule has 0 radical (unpaired) electrons. The fourth-order valence-electron chi connectivity index (χ4n) is 2.15. The van der Waals surface area contributed by atoms with E-state index < -0.39 is 0 Å². The Bertz CT molecular complexity index is 673. The van der Waals surface area contributed by atoms with E-state index in [1.165, 1.54) is 0 Å². The molecule has 0 aliphatic carbocycles. The van der Waals surface area contributed by atoms with Gasteiger partial charge in [-0.15, -0.1) is 0 Å². The van der Waals surface area contributed by atoms with Gasteiger partial charge in [0.25, 0.3) is 5.91 Å². The lowest BCUT2D eigenvalue weighted by Crippen LogP contribution is -2.27. The van der Waals surface area contributed by atoms with Crippen molar-refractivity contribution >= 4 is 28.5 Å². The second-order valence-corrected chi connectivity index (χ2v) is 5.98. The number of ether oxygens (including phenoxy) is 2. The molecule has 1 amide bonds. The smallest absolute Gasteiger partial charge is 0.254 e. The van der Waals surface area contributed by atoms with Gasteiger partial charge in [-0.2, -0.15) is 0 Å². The van der Waals surface area contributed by atoms with Crippen LogP contribution in [0.5, 0.6) is 11.5 Å². The van der Waals surface area contributed by atoms with E-state index in [2.05, 4.69) is 22.6 Å². The largest absolute Gasteiger partial charge is 0.497 e. The van der Waals surface area contributed by atoms with Crippen molar-refractivity contribution in [3.05, 3.63) is 57.2 Å². The van der Waals surface area contributed by atoms with Gasteiger partial charge in [-0.1, -0.05) is 12.1 Å². The van der Waals surface area contributed by atoms with Crippen LogP contribution in [-0.4, -0.2) is 32.1 Å². The number of rotatable bonds is 5. The molecule has 4 nitrogen and oxygen atoms in total. The van der Waals surface area contributed by atoms with Gasteiger partial charge in [0, 0.05) is 28.8 Å². The number of amides is 1. The van der Waals surface area contributed by atoms with E-state index >= 15 is 0 Å². The molecular formula is C17H18INO3. The van der Waals surface area contributed by atoms with Crippen molar-refractivity contribution in [1.29, 1.82) is 0 Å². The maximum Gasteiger partial charge on any atom is 0.254 e. The summed E-state index contributed by atoms with van der Waals surface area (Å²) in [6, 6.07) is 13.2. The van der Waals surface area contributed by atoms with Gasteiger partial charge < -0.3 is 14.4 Å². The van der Waals surface area contributed by atoms with Crippen molar-refractivity contribution in [3.63, 3.8) is 0 Å². The Hall–Kier alpha value is -1.76. The third kappa shape index (κ3) is 3.71. The predicted octanol–water partition coefficient (Wildman–Crippen LogP) is 3.58. The molecule has 0 aliphatic rings. The van der Waals surface area contributed by atoms with Crippen LogP contribution in [0.1, 0.15) is 15.9 Å². The molecule has 0 unspecified atom stereocenters. The van der Waals surface area contributed by atoms with Crippen LogP contribution in [0.15, 0.2) is 42.5 Å². The summed E-state index contributed by atoms with van der Waals surface area (Å²) in [6.45, 7) is 0.469. The first-order chi connectivity index (χ1) is 10.6. The van der Waals surface area contributed by atoms with Crippen molar-refractivity contribution in [3.8, 4) is 11.5 Å². The lowest BCUT2D eigenvalue weighted by atomic mass is 10.1. The summed E-state index contributed by atoms with van der Waals surface area (Å²) < 4.78 is 11.5. The normalized spacial score (nSPS) is 10.2. The molecule has 0 aromatic heterocycles. The molecular weight excluding hydrogens is 393 g/mol. The molecule has 0 spiro atoms. The van der Waals surface area contributed by atoms with Gasteiger partial charge in [0.05, 0.1) is 19.8 Å². The minimum Gasteiger partial charge on any atom is -0.497 e. The Kier molecular flexibility index (Phi) is 5.65. The molecule has 22 heavy (non-hydrogen) atoms. The Morgan fingerprint density at radius 3 is 2.50 bits per heavy atom. The summed E-state index contributed by atoms with van der Waals surface area (Å²) in [6.07, 6.45) is 0. The quantitative estimate of drug-likeness (QED) is 0.707. The SMILES string of the molecule is COc1ccc(CN(C)C(=O)c2ccccc2I)c(OC)c1. The number of carbonyl (C=O) groups is 1.